The summed E-state index contributed by atoms with van der Waals surface area (Å²) in [6.45, 7) is 2.17. The lowest BCUT2D eigenvalue weighted by Gasteiger charge is -2.08. The molecule has 2 rings (SSSR count). The normalized spacial score (nSPS) is 11.9. The summed E-state index contributed by atoms with van der Waals surface area (Å²) in [6, 6.07) is 14.3. The van der Waals surface area contributed by atoms with E-state index in [4.69, 9.17) is 0 Å². The molecule has 0 spiro atoms. The van der Waals surface area contributed by atoms with Crippen molar-refractivity contribution < 1.29 is 5.21 Å². The smallest absolute Gasteiger partial charge is 0.0874 e. The van der Waals surface area contributed by atoms with Gasteiger partial charge in [0.15, 0.2) is 0 Å². The van der Waals surface area contributed by atoms with Crippen molar-refractivity contribution >= 4 is 16.5 Å². The zero-order valence-electron chi connectivity index (χ0n) is 10.8. The molecule has 94 valence electrons. The molecular weight excluding hydrogens is 222 g/mol. The predicted molar refractivity (Wildman–Crippen MR) is 76.4 cm³/mol. The number of nitrogens with zero attached hydrogens (tertiary/aromatic N) is 1. The van der Waals surface area contributed by atoms with E-state index < -0.39 is 0 Å². The molecule has 0 unspecified atom stereocenters. The lowest BCUT2D eigenvalue weighted by Crippen LogP contribution is -2.02. The first-order chi connectivity index (χ1) is 8.86. The van der Waals surface area contributed by atoms with Crippen LogP contribution in [0.2, 0.25) is 0 Å². The van der Waals surface area contributed by atoms with Gasteiger partial charge in [0.25, 0.3) is 0 Å². The molecule has 0 amide bonds. The minimum atomic E-state index is 0.792. The zero-order valence-corrected chi connectivity index (χ0v) is 10.8. The van der Waals surface area contributed by atoms with Gasteiger partial charge in [-0.1, -0.05) is 67.4 Å². The third kappa shape index (κ3) is 2.70. The van der Waals surface area contributed by atoms with Crippen molar-refractivity contribution in [2.24, 2.45) is 5.16 Å². The van der Waals surface area contributed by atoms with Gasteiger partial charge in [-0.2, -0.15) is 0 Å². The lowest BCUT2D eigenvalue weighted by molar-refractivity contribution is 0.318. The zero-order chi connectivity index (χ0) is 12.8. The van der Waals surface area contributed by atoms with E-state index in [2.05, 4.69) is 30.3 Å². The maximum atomic E-state index is 9.23. The molecule has 2 aromatic rings. The summed E-state index contributed by atoms with van der Waals surface area (Å²) < 4.78 is 0. The van der Waals surface area contributed by atoms with Crippen LogP contribution in [0.5, 0.6) is 0 Å². The molecule has 0 bridgehead atoms. The third-order valence-electron chi connectivity index (χ3n) is 3.24. The fraction of sp³-hybridized carbons (Fsp3) is 0.312. The predicted octanol–water partition coefficient (Wildman–Crippen LogP) is 4.60. The highest BCUT2D eigenvalue weighted by atomic mass is 16.4. The number of benzene rings is 2. The summed E-state index contributed by atoms with van der Waals surface area (Å²) in [4.78, 5) is 0. The van der Waals surface area contributed by atoms with Gasteiger partial charge in [0.1, 0.15) is 0 Å². The SMILES string of the molecule is CCCCCC(=NO)c1cccc2ccccc12. The van der Waals surface area contributed by atoms with Gasteiger partial charge in [-0.15, -0.1) is 0 Å². The van der Waals surface area contributed by atoms with Gasteiger partial charge in [0, 0.05) is 5.56 Å². The van der Waals surface area contributed by atoms with Crippen LogP contribution in [-0.2, 0) is 0 Å². The number of fused-ring (bicyclic) bond motifs is 1. The first-order valence-corrected chi connectivity index (χ1v) is 6.56. The van der Waals surface area contributed by atoms with Gasteiger partial charge in [0.2, 0.25) is 0 Å². The largest absolute Gasteiger partial charge is 0.411 e. The topological polar surface area (TPSA) is 32.6 Å². The van der Waals surface area contributed by atoms with Crippen molar-refractivity contribution in [3.8, 4) is 0 Å². The number of unbranched alkanes of at least 4 members (excludes halogenated alkanes) is 2. The van der Waals surface area contributed by atoms with E-state index in [0.717, 1.165) is 29.5 Å². The van der Waals surface area contributed by atoms with Crippen molar-refractivity contribution in [1.29, 1.82) is 0 Å². The quantitative estimate of drug-likeness (QED) is 0.353. The summed E-state index contributed by atoms with van der Waals surface area (Å²) in [6.07, 6.45) is 4.25. The maximum Gasteiger partial charge on any atom is 0.0874 e. The lowest BCUT2D eigenvalue weighted by atomic mass is 9.98. The summed E-state index contributed by atoms with van der Waals surface area (Å²) in [5.41, 5.74) is 1.84. The molecule has 0 atom stereocenters. The van der Waals surface area contributed by atoms with E-state index >= 15 is 0 Å². The Labute approximate surface area is 108 Å². The molecule has 18 heavy (non-hydrogen) atoms. The van der Waals surface area contributed by atoms with Crippen LogP contribution in [0.15, 0.2) is 47.6 Å². The second-order valence-corrected chi connectivity index (χ2v) is 4.53. The van der Waals surface area contributed by atoms with Crippen molar-refractivity contribution in [2.45, 2.75) is 32.6 Å². The highest BCUT2D eigenvalue weighted by molar-refractivity contribution is 6.10. The molecule has 0 aliphatic heterocycles. The molecule has 0 aromatic heterocycles. The van der Waals surface area contributed by atoms with E-state index in [9.17, 15) is 5.21 Å². The molecule has 2 heteroatoms. The number of hydrogen-bond donors (Lipinski definition) is 1. The monoisotopic (exact) mass is 241 g/mol. The van der Waals surface area contributed by atoms with Gasteiger partial charge in [-0.25, -0.2) is 0 Å². The van der Waals surface area contributed by atoms with Gasteiger partial charge < -0.3 is 5.21 Å². The second kappa shape index (κ2) is 6.20. The third-order valence-corrected chi connectivity index (χ3v) is 3.24. The fourth-order valence-electron chi connectivity index (χ4n) is 2.26. The molecule has 2 nitrogen and oxygen atoms in total. The molecule has 2 aromatic carbocycles. The van der Waals surface area contributed by atoms with Crippen molar-refractivity contribution in [2.75, 3.05) is 0 Å². The molecule has 0 heterocycles. The van der Waals surface area contributed by atoms with Crippen LogP contribution in [0.25, 0.3) is 10.8 Å². The van der Waals surface area contributed by atoms with E-state index in [1.54, 1.807) is 0 Å². The molecule has 0 aliphatic carbocycles. The number of rotatable bonds is 5. The van der Waals surface area contributed by atoms with Crippen LogP contribution in [0.3, 0.4) is 0 Å². The van der Waals surface area contributed by atoms with Crippen LogP contribution in [0.1, 0.15) is 38.2 Å². The van der Waals surface area contributed by atoms with Crippen LogP contribution in [0, 0.1) is 0 Å². The Kier molecular flexibility index (Phi) is 4.35. The Morgan fingerprint density at radius 3 is 2.61 bits per heavy atom. The summed E-state index contributed by atoms with van der Waals surface area (Å²) in [7, 11) is 0. The van der Waals surface area contributed by atoms with E-state index in [1.165, 1.54) is 18.2 Å². The molecule has 0 radical (unpaired) electrons. The second-order valence-electron chi connectivity index (χ2n) is 4.53. The Bertz CT molecular complexity index is 540. The average Bonchev–Trinajstić information content (AvgIpc) is 2.43. The summed E-state index contributed by atoms with van der Waals surface area (Å²) >= 11 is 0. The Morgan fingerprint density at radius 1 is 1.06 bits per heavy atom. The van der Waals surface area contributed by atoms with Gasteiger partial charge in [0.05, 0.1) is 5.71 Å². The van der Waals surface area contributed by atoms with Crippen LogP contribution in [0.4, 0.5) is 0 Å². The van der Waals surface area contributed by atoms with Crippen molar-refractivity contribution in [1.82, 2.24) is 0 Å². The first kappa shape index (κ1) is 12.6. The van der Waals surface area contributed by atoms with Crippen molar-refractivity contribution in [3.05, 3.63) is 48.0 Å². The minimum Gasteiger partial charge on any atom is -0.411 e. The standard InChI is InChI=1S/C16H19NO/c1-2-3-4-12-16(17-18)15-11-7-9-13-8-5-6-10-14(13)15/h5-11,18H,2-4,12H2,1H3. The number of oxime groups is 1. The van der Waals surface area contributed by atoms with Gasteiger partial charge >= 0.3 is 0 Å². The van der Waals surface area contributed by atoms with Crippen LogP contribution >= 0.6 is 0 Å². The minimum absolute atomic E-state index is 0.792. The molecule has 0 fully saturated rings. The first-order valence-electron chi connectivity index (χ1n) is 6.56. The molecule has 0 aliphatic rings. The van der Waals surface area contributed by atoms with Gasteiger partial charge in [-0.05, 0) is 23.6 Å². The molecular formula is C16H19NO. The van der Waals surface area contributed by atoms with Crippen LogP contribution in [-0.4, -0.2) is 10.9 Å². The molecule has 1 N–H and O–H groups in total. The molecule has 0 saturated carbocycles. The Morgan fingerprint density at radius 2 is 1.83 bits per heavy atom. The van der Waals surface area contributed by atoms with E-state index in [0.29, 0.717) is 0 Å². The van der Waals surface area contributed by atoms with Crippen molar-refractivity contribution in [3.63, 3.8) is 0 Å². The van der Waals surface area contributed by atoms with E-state index in [1.807, 2.05) is 24.3 Å². The van der Waals surface area contributed by atoms with Gasteiger partial charge in [-0.3, -0.25) is 0 Å². The highest BCUT2D eigenvalue weighted by Gasteiger charge is 2.08. The Hall–Kier alpha value is -1.83. The summed E-state index contributed by atoms with van der Waals surface area (Å²) in [5, 5.41) is 15.1. The highest BCUT2D eigenvalue weighted by Crippen LogP contribution is 2.21. The Balaban J connectivity index is 2.34. The number of hydrogen-bond acceptors (Lipinski definition) is 2. The summed E-state index contributed by atoms with van der Waals surface area (Å²) in [5.74, 6) is 0. The van der Waals surface area contributed by atoms with Crippen LogP contribution < -0.4 is 0 Å². The fourth-order valence-corrected chi connectivity index (χ4v) is 2.26. The van der Waals surface area contributed by atoms with E-state index in [-0.39, 0.29) is 0 Å². The molecule has 0 saturated heterocycles. The maximum absolute atomic E-state index is 9.23. The average molecular weight is 241 g/mol.